The van der Waals surface area contributed by atoms with E-state index in [1.54, 1.807) is 14.2 Å². The summed E-state index contributed by atoms with van der Waals surface area (Å²) in [7, 11) is 5.45. The first-order chi connectivity index (χ1) is 16.1. The molecule has 1 aliphatic heterocycles. The van der Waals surface area contributed by atoms with Gasteiger partial charge in [0.25, 0.3) is 5.56 Å². The van der Waals surface area contributed by atoms with Crippen molar-refractivity contribution >= 4 is 16.9 Å². The van der Waals surface area contributed by atoms with Gasteiger partial charge in [0.1, 0.15) is 5.75 Å². The number of nitrogens with zero attached hydrogens (tertiary/aromatic N) is 4. The third kappa shape index (κ3) is 4.58. The number of aromatic nitrogens is 3. The van der Waals surface area contributed by atoms with E-state index in [1.807, 2.05) is 12.1 Å². The average Bonchev–Trinajstić information content (AvgIpc) is 3.67. The van der Waals surface area contributed by atoms with E-state index in [0.717, 1.165) is 61.6 Å². The number of likely N-dealkylation sites (N-methyl/N-ethyl adjacent to an activating group) is 1. The summed E-state index contributed by atoms with van der Waals surface area (Å²) >= 11 is 0. The Bertz CT molecular complexity index is 1220. The van der Waals surface area contributed by atoms with Crippen molar-refractivity contribution in [3.05, 3.63) is 57.1 Å². The molecule has 1 saturated carbocycles. The first-order valence-corrected chi connectivity index (χ1v) is 11.6. The first kappa shape index (κ1) is 21.9. The van der Waals surface area contributed by atoms with Gasteiger partial charge < -0.3 is 14.4 Å². The Hall–Kier alpha value is -2.97. The Labute approximate surface area is 193 Å². The minimum atomic E-state index is -0.0714. The summed E-state index contributed by atoms with van der Waals surface area (Å²) in [5, 5.41) is 0.698. The van der Waals surface area contributed by atoms with E-state index in [0.29, 0.717) is 35.9 Å². The normalized spacial score (nSPS) is 15.8. The van der Waals surface area contributed by atoms with Crippen LogP contribution in [-0.4, -0.2) is 60.8 Å². The highest BCUT2D eigenvalue weighted by Gasteiger charge is 2.28. The van der Waals surface area contributed by atoms with E-state index in [9.17, 15) is 4.79 Å². The van der Waals surface area contributed by atoms with Crippen molar-refractivity contribution in [2.45, 2.75) is 38.3 Å². The summed E-state index contributed by atoms with van der Waals surface area (Å²) in [4.78, 5) is 30.2. The van der Waals surface area contributed by atoms with Gasteiger partial charge in [-0.3, -0.25) is 19.7 Å². The summed E-state index contributed by atoms with van der Waals surface area (Å²) in [6.45, 7) is 3.82. The van der Waals surface area contributed by atoms with Crippen LogP contribution in [0.15, 0.2) is 29.1 Å². The Balaban J connectivity index is 1.39. The molecule has 0 amide bonds. The standard InChI is InChI=1S/C25H31N5O3/c1-29(10-11-32-2)15-18-7-6-17-14-30(9-8-21(17)26-18)25-27-22-13-19(33-3)12-20(16-4-5-16)23(22)24(31)28-25/h6-7,12-13,16H,4-5,8-11,14-15H2,1-3H3,(H,27,28,31). The summed E-state index contributed by atoms with van der Waals surface area (Å²) in [5.41, 5.74) is 5.06. The zero-order valence-corrected chi connectivity index (χ0v) is 19.6. The van der Waals surface area contributed by atoms with Crippen LogP contribution in [0.2, 0.25) is 0 Å². The van der Waals surface area contributed by atoms with Crippen molar-refractivity contribution in [2.75, 3.05) is 45.9 Å². The fraction of sp³-hybridized carbons (Fsp3) is 0.480. The second-order valence-corrected chi connectivity index (χ2v) is 9.09. The molecule has 0 saturated heterocycles. The lowest BCUT2D eigenvalue weighted by molar-refractivity contribution is 0.158. The molecular formula is C25H31N5O3. The quantitative estimate of drug-likeness (QED) is 0.566. The number of nitrogens with one attached hydrogen (secondary N) is 1. The molecule has 174 valence electrons. The van der Waals surface area contributed by atoms with Crippen molar-refractivity contribution < 1.29 is 9.47 Å². The Morgan fingerprint density at radius 2 is 2.06 bits per heavy atom. The van der Waals surface area contributed by atoms with E-state index in [-0.39, 0.29) is 5.56 Å². The number of methoxy groups -OCH3 is 2. The third-order valence-corrected chi connectivity index (χ3v) is 6.57. The summed E-state index contributed by atoms with van der Waals surface area (Å²) in [6, 6.07) is 8.10. The molecule has 1 aromatic carbocycles. The number of rotatable bonds is 8. The first-order valence-electron chi connectivity index (χ1n) is 11.6. The molecule has 0 bridgehead atoms. The third-order valence-electron chi connectivity index (χ3n) is 6.57. The molecular weight excluding hydrogens is 418 g/mol. The maximum atomic E-state index is 13.1. The minimum absolute atomic E-state index is 0.0714. The van der Waals surface area contributed by atoms with Gasteiger partial charge in [-0.1, -0.05) is 6.07 Å². The van der Waals surface area contributed by atoms with Crippen molar-refractivity contribution in [1.82, 2.24) is 19.9 Å². The number of pyridine rings is 1. The van der Waals surface area contributed by atoms with Crippen LogP contribution in [-0.2, 0) is 24.2 Å². The smallest absolute Gasteiger partial charge is 0.260 e. The van der Waals surface area contributed by atoms with E-state index in [1.165, 1.54) is 5.56 Å². The van der Waals surface area contributed by atoms with Crippen LogP contribution < -0.4 is 15.2 Å². The van der Waals surface area contributed by atoms with Crippen LogP contribution in [0.1, 0.15) is 41.3 Å². The number of aromatic amines is 1. The molecule has 0 atom stereocenters. The highest BCUT2D eigenvalue weighted by molar-refractivity contribution is 5.85. The molecule has 33 heavy (non-hydrogen) atoms. The van der Waals surface area contributed by atoms with Crippen LogP contribution in [0.3, 0.4) is 0 Å². The Morgan fingerprint density at radius 3 is 2.82 bits per heavy atom. The lowest BCUT2D eigenvalue weighted by Gasteiger charge is -2.29. The molecule has 0 spiro atoms. The maximum Gasteiger partial charge on any atom is 0.260 e. The second kappa shape index (κ2) is 9.11. The van der Waals surface area contributed by atoms with Gasteiger partial charge in [0.05, 0.1) is 30.3 Å². The molecule has 2 aliphatic rings. The van der Waals surface area contributed by atoms with E-state index in [2.05, 4.69) is 34.0 Å². The number of H-pyrrole nitrogens is 1. The predicted octanol–water partition coefficient (Wildman–Crippen LogP) is 2.85. The number of fused-ring (bicyclic) bond motifs is 2. The van der Waals surface area contributed by atoms with Crippen LogP contribution in [0.25, 0.3) is 10.9 Å². The van der Waals surface area contributed by atoms with Gasteiger partial charge in [-0.15, -0.1) is 0 Å². The van der Waals surface area contributed by atoms with Gasteiger partial charge in [0.15, 0.2) is 0 Å². The van der Waals surface area contributed by atoms with Crippen molar-refractivity contribution in [1.29, 1.82) is 0 Å². The number of benzene rings is 1. The molecule has 3 heterocycles. The molecule has 0 unspecified atom stereocenters. The molecule has 8 heteroatoms. The fourth-order valence-corrected chi connectivity index (χ4v) is 4.58. The molecule has 1 N–H and O–H groups in total. The highest BCUT2D eigenvalue weighted by Crippen LogP contribution is 2.43. The van der Waals surface area contributed by atoms with Crippen LogP contribution >= 0.6 is 0 Å². The Kier molecular flexibility index (Phi) is 6.03. The predicted molar refractivity (Wildman–Crippen MR) is 128 cm³/mol. The molecule has 0 radical (unpaired) electrons. The second-order valence-electron chi connectivity index (χ2n) is 9.09. The molecule has 1 aliphatic carbocycles. The molecule has 8 nitrogen and oxygen atoms in total. The van der Waals surface area contributed by atoms with Crippen molar-refractivity contribution in [3.63, 3.8) is 0 Å². The van der Waals surface area contributed by atoms with Crippen LogP contribution in [0.5, 0.6) is 5.75 Å². The van der Waals surface area contributed by atoms with Gasteiger partial charge in [0, 0.05) is 51.5 Å². The molecule has 2 aromatic heterocycles. The minimum Gasteiger partial charge on any atom is -0.497 e. The van der Waals surface area contributed by atoms with Crippen LogP contribution in [0, 0.1) is 0 Å². The largest absolute Gasteiger partial charge is 0.497 e. The van der Waals surface area contributed by atoms with Gasteiger partial charge in [-0.2, -0.15) is 0 Å². The van der Waals surface area contributed by atoms with E-state index in [4.69, 9.17) is 19.4 Å². The fourth-order valence-electron chi connectivity index (χ4n) is 4.58. The number of hydrogen-bond donors (Lipinski definition) is 1. The van der Waals surface area contributed by atoms with Gasteiger partial charge in [-0.25, -0.2) is 4.98 Å². The number of hydrogen-bond acceptors (Lipinski definition) is 7. The monoisotopic (exact) mass is 449 g/mol. The van der Waals surface area contributed by atoms with Crippen molar-refractivity contribution in [3.8, 4) is 5.75 Å². The Morgan fingerprint density at radius 1 is 1.21 bits per heavy atom. The average molecular weight is 450 g/mol. The summed E-state index contributed by atoms with van der Waals surface area (Å²) in [5.74, 6) is 1.80. The van der Waals surface area contributed by atoms with E-state index < -0.39 is 0 Å². The number of ether oxygens (including phenoxy) is 2. The topological polar surface area (TPSA) is 83.6 Å². The summed E-state index contributed by atoms with van der Waals surface area (Å²) < 4.78 is 10.6. The molecule has 3 aromatic rings. The highest BCUT2D eigenvalue weighted by atomic mass is 16.5. The maximum absolute atomic E-state index is 13.1. The van der Waals surface area contributed by atoms with Crippen molar-refractivity contribution in [2.24, 2.45) is 0 Å². The van der Waals surface area contributed by atoms with Crippen LogP contribution in [0.4, 0.5) is 5.95 Å². The zero-order valence-electron chi connectivity index (χ0n) is 19.6. The van der Waals surface area contributed by atoms with Gasteiger partial charge in [-0.05, 0) is 49.1 Å². The molecule has 5 rings (SSSR count). The number of anilines is 1. The van der Waals surface area contributed by atoms with Gasteiger partial charge in [0.2, 0.25) is 5.95 Å². The van der Waals surface area contributed by atoms with E-state index >= 15 is 0 Å². The summed E-state index contributed by atoms with van der Waals surface area (Å²) in [6.07, 6.45) is 3.05. The molecule has 1 fully saturated rings. The SMILES string of the molecule is COCCN(C)Cc1ccc2c(n1)CCN(c1nc3cc(OC)cc(C4CC4)c3c(=O)[nH]1)C2. The lowest BCUT2D eigenvalue weighted by atomic mass is 10.0. The van der Waals surface area contributed by atoms with Gasteiger partial charge >= 0.3 is 0 Å². The lowest BCUT2D eigenvalue weighted by Crippen LogP contribution is -2.34. The zero-order chi connectivity index (χ0) is 22.9.